The smallest absolute Gasteiger partial charge is 0.0761 e. The number of benzene rings is 4. The molecular weight excluding hydrogens is 410 g/mol. The van der Waals surface area contributed by atoms with Crippen LogP contribution in [0.4, 0.5) is 0 Å². The van der Waals surface area contributed by atoms with Gasteiger partial charge in [0.15, 0.2) is 0 Å². The van der Waals surface area contributed by atoms with Crippen LogP contribution in [0.2, 0.25) is 0 Å². The van der Waals surface area contributed by atoms with Crippen molar-refractivity contribution >= 4 is 5.71 Å². The molecule has 0 amide bonds. The van der Waals surface area contributed by atoms with E-state index >= 15 is 0 Å². The Morgan fingerprint density at radius 3 is 2.06 bits per heavy atom. The van der Waals surface area contributed by atoms with Gasteiger partial charge in [0, 0.05) is 16.9 Å². The van der Waals surface area contributed by atoms with Crippen LogP contribution in [-0.2, 0) is 5.41 Å². The van der Waals surface area contributed by atoms with Gasteiger partial charge in [-0.25, -0.2) is 0 Å². The molecule has 0 saturated carbocycles. The van der Waals surface area contributed by atoms with Crippen molar-refractivity contribution in [1.82, 2.24) is 0 Å². The van der Waals surface area contributed by atoms with Gasteiger partial charge in [-0.15, -0.1) is 0 Å². The largest absolute Gasteiger partial charge is 0.280 e. The topological polar surface area (TPSA) is 12.4 Å². The Morgan fingerprint density at radius 2 is 1.24 bits per heavy atom. The second kappa shape index (κ2) is 7.27. The second-order valence-electron chi connectivity index (χ2n) is 9.72. The second-order valence-corrected chi connectivity index (χ2v) is 9.72. The Balaban J connectivity index is 1.37. The predicted octanol–water partition coefficient (Wildman–Crippen LogP) is 7.87. The predicted molar refractivity (Wildman–Crippen MR) is 142 cm³/mol. The average Bonchev–Trinajstić information content (AvgIpc) is 3.23. The fourth-order valence-electron chi connectivity index (χ4n) is 6.16. The first-order chi connectivity index (χ1) is 16.7. The third-order valence-electron chi connectivity index (χ3n) is 7.92. The molecule has 7 rings (SSSR count). The molecule has 0 bridgehead atoms. The highest BCUT2D eigenvalue weighted by molar-refractivity contribution is 6.17. The highest BCUT2D eigenvalue weighted by Gasteiger charge is 2.51. The van der Waals surface area contributed by atoms with Crippen molar-refractivity contribution in [2.45, 2.75) is 18.4 Å². The van der Waals surface area contributed by atoms with E-state index in [9.17, 15) is 0 Å². The van der Waals surface area contributed by atoms with Gasteiger partial charge in [-0.2, -0.15) is 0 Å². The molecule has 4 aromatic carbocycles. The van der Waals surface area contributed by atoms with E-state index in [4.69, 9.17) is 4.99 Å². The lowest BCUT2D eigenvalue weighted by atomic mass is 9.61. The summed E-state index contributed by atoms with van der Waals surface area (Å²) in [6, 6.07) is 35.5. The Labute approximate surface area is 200 Å². The molecule has 3 unspecified atom stereocenters. The Hall–Kier alpha value is -3.97. The van der Waals surface area contributed by atoms with Gasteiger partial charge in [0.2, 0.25) is 0 Å². The van der Waals surface area contributed by atoms with Gasteiger partial charge < -0.3 is 0 Å². The normalized spacial score (nSPS) is 23.5. The van der Waals surface area contributed by atoms with Gasteiger partial charge in [-0.3, -0.25) is 4.99 Å². The van der Waals surface area contributed by atoms with E-state index < -0.39 is 0 Å². The zero-order valence-corrected chi connectivity index (χ0v) is 19.1. The van der Waals surface area contributed by atoms with E-state index in [1.807, 2.05) is 0 Å². The molecule has 34 heavy (non-hydrogen) atoms. The summed E-state index contributed by atoms with van der Waals surface area (Å²) in [4.78, 5) is 5.31. The summed E-state index contributed by atoms with van der Waals surface area (Å²) in [6.07, 6.45) is 8.95. The third kappa shape index (κ3) is 2.70. The maximum absolute atomic E-state index is 5.31. The molecule has 0 aromatic heterocycles. The minimum absolute atomic E-state index is 0.120. The third-order valence-corrected chi connectivity index (χ3v) is 7.92. The SMILES string of the molecule is CC12C(=NC3C=CC=CC31)c1cc(-c3ccc(-c4ccccc4)cc3)ccc1-c1ccccc12. The van der Waals surface area contributed by atoms with E-state index in [0.717, 1.165) is 0 Å². The zero-order valence-electron chi connectivity index (χ0n) is 19.1. The summed E-state index contributed by atoms with van der Waals surface area (Å²) in [7, 11) is 0. The molecule has 0 radical (unpaired) electrons. The molecule has 1 nitrogen and oxygen atoms in total. The summed E-state index contributed by atoms with van der Waals surface area (Å²) in [5.74, 6) is 0.357. The highest BCUT2D eigenvalue weighted by Crippen LogP contribution is 2.53. The maximum atomic E-state index is 5.31. The van der Waals surface area contributed by atoms with Crippen molar-refractivity contribution in [2.24, 2.45) is 10.9 Å². The zero-order chi connectivity index (χ0) is 22.7. The van der Waals surface area contributed by atoms with Crippen LogP contribution in [0.25, 0.3) is 33.4 Å². The summed E-state index contributed by atoms with van der Waals surface area (Å²) >= 11 is 0. The number of allylic oxidation sites excluding steroid dienone is 2. The molecule has 0 fully saturated rings. The van der Waals surface area contributed by atoms with Crippen LogP contribution in [-0.4, -0.2) is 11.8 Å². The Kier molecular flexibility index (Phi) is 4.17. The number of hydrogen-bond acceptors (Lipinski definition) is 1. The lowest BCUT2D eigenvalue weighted by Crippen LogP contribution is -2.41. The van der Waals surface area contributed by atoms with E-state index in [-0.39, 0.29) is 11.5 Å². The monoisotopic (exact) mass is 435 g/mol. The summed E-state index contributed by atoms with van der Waals surface area (Å²) in [6.45, 7) is 2.39. The number of rotatable bonds is 2. The number of fused-ring (bicyclic) bond motifs is 8. The van der Waals surface area contributed by atoms with Crippen molar-refractivity contribution in [1.29, 1.82) is 0 Å². The van der Waals surface area contributed by atoms with E-state index in [0.29, 0.717) is 5.92 Å². The van der Waals surface area contributed by atoms with E-state index in [2.05, 4.69) is 128 Å². The van der Waals surface area contributed by atoms with Crippen LogP contribution in [0.15, 0.2) is 126 Å². The molecule has 2 aliphatic carbocycles. The minimum Gasteiger partial charge on any atom is -0.280 e. The molecule has 3 aliphatic rings. The Bertz CT molecular complexity index is 1500. The first-order valence-electron chi connectivity index (χ1n) is 12.1. The van der Waals surface area contributed by atoms with Gasteiger partial charge >= 0.3 is 0 Å². The number of aliphatic imine (C=N–C) groups is 1. The van der Waals surface area contributed by atoms with Crippen LogP contribution in [0.3, 0.4) is 0 Å². The van der Waals surface area contributed by atoms with Gasteiger partial charge in [-0.05, 0) is 51.9 Å². The number of nitrogens with zero attached hydrogens (tertiary/aromatic N) is 1. The highest BCUT2D eigenvalue weighted by atomic mass is 14.9. The van der Waals surface area contributed by atoms with Crippen molar-refractivity contribution in [3.8, 4) is 33.4 Å². The molecular formula is C33H25N. The van der Waals surface area contributed by atoms with Gasteiger partial charge in [-0.1, -0.05) is 115 Å². The first kappa shape index (κ1) is 19.5. The van der Waals surface area contributed by atoms with Gasteiger partial charge in [0.05, 0.1) is 11.8 Å². The maximum Gasteiger partial charge on any atom is 0.0761 e. The van der Waals surface area contributed by atoms with Crippen LogP contribution in [0, 0.1) is 5.92 Å². The standard InChI is InChI=1S/C33H25N/c1-33-29-12-6-5-11-27(29)26-20-19-25(21-28(26)32(33)34-31-14-8-7-13-30(31)33)24-17-15-23(16-18-24)22-9-3-2-4-10-22/h2-21,30-31H,1H3. The molecule has 4 aromatic rings. The molecule has 0 spiro atoms. The van der Waals surface area contributed by atoms with Crippen molar-refractivity contribution in [3.63, 3.8) is 0 Å². The number of hydrogen-bond donors (Lipinski definition) is 0. The molecule has 162 valence electrons. The Morgan fingerprint density at radius 1 is 0.588 bits per heavy atom. The average molecular weight is 436 g/mol. The van der Waals surface area contributed by atoms with Crippen LogP contribution < -0.4 is 0 Å². The quantitative estimate of drug-likeness (QED) is 0.304. The van der Waals surface area contributed by atoms with Gasteiger partial charge in [0.25, 0.3) is 0 Å². The molecule has 1 heterocycles. The molecule has 1 aliphatic heterocycles. The van der Waals surface area contributed by atoms with Crippen molar-refractivity contribution in [2.75, 3.05) is 0 Å². The van der Waals surface area contributed by atoms with Crippen LogP contribution >= 0.6 is 0 Å². The lowest BCUT2D eigenvalue weighted by Gasteiger charge is -2.39. The fourth-order valence-corrected chi connectivity index (χ4v) is 6.16. The molecule has 0 saturated heterocycles. The molecule has 0 N–H and O–H groups in total. The summed E-state index contributed by atoms with van der Waals surface area (Å²) in [5, 5.41) is 0. The van der Waals surface area contributed by atoms with Gasteiger partial charge in [0.1, 0.15) is 0 Å². The summed E-state index contributed by atoms with van der Waals surface area (Å²) in [5.41, 5.74) is 11.4. The first-order valence-corrected chi connectivity index (χ1v) is 12.1. The van der Waals surface area contributed by atoms with Crippen molar-refractivity contribution in [3.05, 3.63) is 132 Å². The minimum atomic E-state index is -0.120. The van der Waals surface area contributed by atoms with Crippen LogP contribution in [0.5, 0.6) is 0 Å². The summed E-state index contributed by atoms with van der Waals surface area (Å²) < 4.78 is 0. The fraction of sp³-hybridized carbons (Fsp3) is 0.121. The van der Waals surface area contributed by atoms with Crippen LogP contribution in [0.1, 0.15) is 18.1 Å². The van der Waals surface area contributed by atoms with E-state index in [1.165, 1.54) is 50.2 Å². The molecule has 3 atom stereocenters. The van der Waals surface area contributed by atoms with Crippen molar-refractivity contribution < 1.29 is 0 Å². The lowest BCUT2D eigenvalue weighted by molar-refractivity contribution is 0.459. The van der Waals surface area contributed by atoms with E-state index in [1.54, 1.807) is 0 Å². The molecule has 1 heteroatoms.